The van der Waals surface area contributed by atoms with E-state index in [2.05, 4.69) is 24.1 Å². The molecule has 0 bridgehead atoms. The third-order valence-corrected chi connectivity index (χ3v) is 4.74. The quantitative estimate of drug-likeness (QED) is 0.713. The van der Waals surface area contributed by atoms with Crippen molar-refractivity contribution in [3.63, 3.8) is 0 Å². The predicted octanol–water partition coefficient (Wildman–Crippen LogP) is 1.65. The normalized spacial score (nSPS) is 27.2. The van der Waals surface area contributed by atoms with Gasteiger partial charge in [0, 0.05) is 13.1 Å². The molecule has 4 heteroatoms. The van der Waals surface area contributed by atoms with Crippen molar-refractivity contribution in [2.24, 2.45) is 11.8 Å². The SMILES string of the molecule is CCNC(CN1CCC(CC)C1)(C(=O)OC)C1CC1. The zero-order valence-corrected chi connectivity index (χ0v) is 12.6. The number of carbonyl (C=O) groups excluding carboxylic acids is 1. The Bertz CT molecular complexity index is 317. The fourth-order valence-corrected chi connectivity index (χ4v) is 3.45. The highest BCUT2D eigenvalue weighted by Gasteiger charge is 2.52. The van der Waals surface area contributed by atoms with Gasteiger partial charge in [-0.1, -0.05) is 20.3 Å². The van der Waals surface area contributed by atoms with Gasteiger partial charge in [-0.3, -0.25) is 0 Å². The first-order chi connectivity index (χ1) is 9.16. The highest BCUT2D eigenvalue weighted by Crippen LogP contribution is 2.41. The van der Waals surface area contributed by atoms with E-state index in [9.17, 15) is 4.79 Å². The Morgan fingerprint density at radius 2 is 2.11 bits per heavy atom. The molecule has 2 rings (SSSR count). The molecule has 1 saturated carbocycles. The second-order valence-electron chi connectivity index (χ2n) is 6.07. The number of rotatable bonds is 7. The number of carbonyl (C=O) groups is 1. The number of hydrogen-bond acceptors (Lipinski definition) is 4. The van der Waals surface area contributed by atoms with Crippen molar-refractivity contribution < 1.29 is 9.53 Å². The van der Waals surface area contributed by atoms with Crippen LogP contribution < -0.4 is 5.32 Å². The van der Waals surface area contributed by atoms with E-state index in [1.165, 1.54) is 20.0 Å². The minimum absolute atomic E-state index is 0.0724. The summed E-state index contributed by atoms with van der Waals surface area (Å²) in [5.41, 5.74) is -0.466. The Morgan fingerprint density at radius 1 is 1.37 bits per heavy atom. The van der Waals surface area contributed by atoms with Gasteiger partial charge < -0.3 is 15.0 Å². The van der Waals surface area contributed by atoms with Crippen LogP contribution in [0.25, 0.3) is 0 Å². The first kappa shape index (κ1) is 14.8. The second-order valence-corrected chi connectivity index (χ2v) is 6.07. The zero-order valence-electron chi connectivity index (χ0n) is 12.6. The summed E-state index contributed by atoms with van der Waals surface area (Å²) in [6.07, 6.45) is 4.80. The summed E-state index contributed by atoms with van der Waals surface area (Å²) >= 11 is 0. The van der Waals surface area contributed by atoms with Crippen molar-refractivity contribution in [1.82, 2.24) is 10.2 Å². The minimum Gasteiger partial charge on any atom is -0.468 e. The molecule has 1 saturated heterocycles. The molecule has 2 aliphatic rings. The number of hydrogen-bond donors (Lipinski definition) is 1. The molecule has 0 spiro atoms. The number of nitrogens with zero attached hydrogens (tertiary/aromatic N) is 1. The molecule has 0 amide bonds. The first-order valence-corrected chi connectivity index (χ1v) is 7.72. The van der Waals surface area contributed by atoms with Gasteiger partial charge in [0.15, 0.2) is 0 Å². The standard InChI is InChI=1S/C15H28N2O2/c1-4-12-8-9-17(10-12)11-15(16-5-2,13-6-7-13)14(18)19-3/h12-13,16H,4-11H2,1-3H3. The molecule has 4 nitrogen and oxygen atoms in total. The molecule has 2 atom stereocenters. The van der Waals surface area contributed by atoms with Gasteiger partial charge in [-0.15, -0.1) is 0 Å². The van der Waals surface area contributed by atoms with E-state index in [-0.39, 0.29) is 5.97 Å². The van der Waals surface area contributed by atoms with Crippen LogP contribution >= 0.6 is 0 Å². The maximum Gasteiger partial charge on any atom is 0.327 e. The number of esters is 1. The molecule has 1 heterocycles. The molecule has 0 aromatic heterocycles. The highest BCUT2D eigenvalue weighted by atomic mass is 16.5. The van der Waals surface area contributed by atoms with Crippen LogP contribution in [-0.4, -0.2) is 49.7 Å². The average molecular weight is 268 g/mol. The topological polar surface area (TPSA) is 41.6 Å². The van der Waals surface area contributed by atoms with E-state index in [0.717, 1.165) is 44.9 Å². The lowest BCUT2D eigenvalue weighted by molar-refractivity contribution is -0.150. The lowest BCUT2D eigenvalue weighted by atomic mass is 9.92. The third-order valence-electron chi connectivity index (χ3n) is 4.74. The van der Waals surface area contributed by atoms with Gasteiger partial charge in [0.2, 0.25) is 0 Å². The molecule has 19 heavy (non-hydrogen) atoms. The molecular weight excluding hydrogens is 240 g/mol. The maximum atomic E-state index is 12.3. The number of likely N-dealkylation sites (tertiary alicyclic amines) is 1. The summed E-state index contributed by atoms with van der Waals surface area (Å²) in [6.45, 7) is 8.21. The molecule has 0 radical (unpaired) electrons. The van der Waals surface area contributed by atoms with Crippen LogP contribution in [0.5, 0.6) is 0 Å². The van der Waals surface area contributed by atoms with Crippen molar-refractivity contribution in [2.45, 2.75) is 45.1 Å². The van der Waals surface area contributed by atoms with E-state index in [0.29, 0.717) is 5.92 Å². The summed E-state index contributed by atoms with van der Waals surface area (Å²) in [5.74, 6) is 1.19. The highest BCUT2D eigenvalue weighted by molar-refractivity contribution is 5.82. The zero-order chi connectivity index (χ0) is 13.9. The summed E-state index contributed by atoms with van der Waals surface area (Å²) in [4.78, 5) is 14.8. The van der Waals surface area contributed by atoms with Gasteiger partial charge in [-0.05, 0) is 44.2 Å². The van der Waals surface area contributed by atoms with Crippen molar-refractivity contribution in [2.75, 3.05) is 33.3 Å². The molecule has 110 valence electrons. The molecule has 2 unspecified atom stereocenters. The van der Waals surface area contributed by atoms with Crippen LogP contribution in [0.1, 0.15) is 39.5 Å². The predicted molar refractivity (Wildman–Crippen MR) is 76.0 cm³/mol. The Labute approximate surface area is 116 Å². The Balaban J connectivity index is 2.06. The summed E-state index contributed by atoms with van der Waals surface area (Å²) in [6, 6.07) is 0. The average Bonchev–Trinajstić information content (AvgIpc) is 3.18. The van der Waals surface area contributed by atoms with Crippen LogP contribution in [0.3, 0.4) is 0 Å². The summed E-state index contributed by atoms with van der Waals surface area (Å²) in [5, 5.41) is 3.45. The van der Waals surface area contributed by atoms with Gasteiger partial charge in [0.25, 0.3) is 0 Å². The molecule has 1 N–H and O–H groups in total. The Kier molecular flexibility index (Phi) is 4.85. The molecule has 0 aromatic rings. The van der Waals surface area contributed by atoms with Crippen LogP contribution in [0.2, 0.25) is 0 Å². The van der Waals surface area contributed by atoms with Crippen molar-refractivity contribution >= 4 is 5.97 Å². The largest absolute Gasteiger partial charge is 0.468 e. The van der Waals surface area contributed by atoms with Gasteiger partial charge in [-0.2, -0.15) is 0 Å². The van der Waals surface area contributed by atoms with Gasteiger partial charge >= 0.3 is 5.97 Å². The van der Waals surface area contributed by atoms with Gasteiger partial charge in [0.05, 0.1) is 7.11 Å². The maximum absolute atomic E-state index is 12.3. The van der Waals surface area contributed by atoms with Crippen LogP contribution in [-0.2, 0) is 9.53 Å². The van der Waals surface area contributed by atoms with E-state index in [1.807, 2.05) is 0 Å². The van der Waals surface area contributed by atoms with Crippen molar-refractivity contribution in [3.8, 4) is 0 Å². The monoisotopic (exact) mass is 268 g/mol. The van der Waals surface area contributed by atoms with E-state index in [1.54, 1.807) is 0 Å². The number of nitrogens with one attached hydrogen (secondary N) is 1. The summed E-state index contributed by atoms with van der Waals surface area (Å²) in [7, 11) is 1.51. The molecular formula is C15H28N2O2. The van der Waals surface area contributed by atoms with Crippen LogP contribution in [0, 0.1) is 11.8 Å². The number of likely N-dealkylation sites (N-methyl/N-ethyl adjacent to an activating group) is 1. The van der Waals surface area contributed by atoms with Crippen LogP contribution in [0.15, 0.2) is 0 Å². The fraction of sp³-hybridized carbons (Fsp3) is 0.933. The molecule has 1 aliphatic heterocycles. The van der Waals surface area contributed by atoms with Crippen molar-refractivity contribution in [1.29, 1.82) is 0 Å². The third kappa shape index (κ3) is 3.11. The van der Waals surface area contributed by atoms with E-state index >= 15 is 0 Å². The molecule has 0 aromatic carbocycles. The van der Waals surface area contributed by atoms with E-state index < -0.39 is 5.54 Å². The first-order valence-electron chi connectivity index (χ1n) is 7.72. The summed E-state index contributed by atoms with van der Waals surface area (Å²) < 4.78 is 5.10. The fourth-order valence-electron chi connectivity index (χ4n) is 3.45. The number of ether oxygens (including phenoxy) is 1. The Hall–Kier alpha value is -0.610. The van der Waals surface area contributed by atoms with Gasteiger partial charge in [0.1, 0.15) is 5.54 Å². The van der Waals surface area contributed by atoms with E-state index in [4.69, 9.17) is 4.74 Å². The lowest BCUT2D eigenvalue weighted by Gasteiger charge is -2.35. The molecule has 1 aliphatic carbocycles. The van der Waals surface area contributed by atoms with Crippen molar-refractivity contribution in [3.05, 3.63) is 0 Å². The smallest absolute Gasteiger partial charge is 0.327 e. The Morgan fingerprint density at radius 3 is 2.58 bits per heavy atom. The minimum atomic E-state index is -0.466. The van der Waals surface area contributed by atoms with Crippen LogP contribution in [0.4, 0.5) is 0 Å². The molecule has 2 fully saturated rings. The number of methoxy groups -OCH3 is 1. The lowest BCUT2D eigenvalue weighted by Crippen LogP contribution is -2.61. The second kappa shape index (κ2) is 6.23. The van der Waals surface area contributed by atoms with Gasteiger partial charge in [-0.25, -0.2) is 4.79 Å².